The summed E-state index contributed by atoms with van der Waals surface area (Å²) >= 11 is 0. The summed E-state index contributed by atoms with van der Waals surface area (Å²) in [7, 11) is 0. The van der Waals surface area contributed by atoms with Crippen LogP contribution >= 0.6 is 0 Å². The van der Waals surface area contributed by atoms with E-state index in [2.05, 4.69) is 0 Å². The van der Waals surface area contributed by atoms with E-state index in [9.17, 15) is 19.2 Å². The molecule has 0 aromatic carbocycles. The third-order valence-corrected chi connectivity index (χ3v) is 4.38. The first-order valence-corrected chi connectivity index (χ1v) is 9.08. The number of carbonyl (C=O) groups excluding carboxylic acids is 4. The number of hydrogen-bond acceptors (Lipinski definition) is 10. The van der Waals surface area contributed by atoms with Gasteiger partial charge in [-0.1, -0.05) is 0 Å². The second-order valence-electron chi connectivity index (χ2n) is 6.88. The second-order valence-corrected chi connectivity index (χ2v) is 6.88. The molecule has 10 heteroatoms. The molecule has 2 aliphatic rings. The van der Waals surface area contributed by atoms with Gasteiger partial charge in [0.2, 0.25) is 0 Å². The molecule has 0 bridgehead atoms. The maximum atomic E-state index is 11.7. The Hall–Kier alpha value is -2.20. The smallest absolute Gasteiger partial charge is 0.310 e. The van der Waals surface area contributed by atoms with Crippen molar-refractivity contribution in [3.63, 3.8) is 0 Å². The average molecular weight is 402 g/mol. The summed E-state index contributed by atoms with van der Waals surface area (Å²) in [5.74, 6) is -2.11. The van der Waals surface area contributed by atoms with E-state index in [1.54, 1.807) is 13.8 Å². The van der Waals surface area contributed by atoms with Crippen molar-refractivity contribution >= 4 is 23.9 Å². The van der Waals surface area contributed by atoms with Crippen LogP contribution in [0.4, 0.5) is 0 Å². The van der Waals surface area contributed by atoms with Gasteiger partial charge >= 0.3 is 23.9 Å². The van der Waals surface area contributed by atoms with Crippen LogP contribution < -0.4 is 0 Å². The van der Waals surface area contributed by atoms with Crippen LogP contribution in [-0.2, 0) is 47.6 Å². The first-order valence-electron chi connectivity index (χ1n) is 9.08. The van der Waals surface area contributed by atoms with Gasteiger partial charge < -0.3 is 28.4 Å². The van der Waals surface area contributed by atoms with Gasteiger partial charge in [-0.25, -0.2) is 0 Å². The Morgan fingerprint density at radius 3 is 2.00 bits per heavy atom. The zero-order valence-corrected chi connectivity index (χ0v) is 16.5. The zero-order chi connectivity index (χ0) is 21.0. The predicted octanol–water partition coefficient (Wildman–Crippen LogP) is 0.637. The number of hydrogen-bond donors (Lipinski definition) is 0. The zero-order valence-electron chi connectivity index (χ0n) is 16.5. The minimum atomic E-state index is -0.853. The molecule has 0 unspecified atom stereocenters. The van der Waals surface area contributed by atoms with Crippen molar-refractivity contribution in [3.05, 3.63) is 0 Å². The van der Waals surface area contributed by atoms with Crippen LogP contribution in [0.1, 0.15) is 47.5 Å². The lowest BCUT2D eigenvalue weighted by Crippen LogP contribution is -2.55. The fourth-order valence-electron chi connectivity index (χ4n) is 3.38. The first kappa shape index (κ1) is 22.1. The maximum Gasteiger partial charge on any atom is 0.310 e. The number of rotatable bonds is 5. The topological polar surface area (TPSA) is 124 Å². The van der Waals surface area contributed by atoms with Crippen molar-refractivity contribution < 1.29 is 47.6 Å². The molecule has 158 valence electrons. The van der Waals surface area contributed by atoms with Crippen molar-refractivity contribution in [1.82, 2.24) is 0 Å². The van der Waals surface area contributed by atoms with Crippen molar-refractivity contribution in [1.29, 1.82) is 0 Å². The normalized spacial score (nSPS) is 35.5. The van der Waals surface area contributed by atoms with Gasteiger partial charge in [0, 0.05) is 27.2 Å². The SMILES string of the molecule is CC(=O)O[C@@H]1[C@@H](C)O[C@@H](O[C@@H]2[C@@H](C)OC(=O)C[C@H]2OC(C)=O)C[C@H]1OC(C)=O. The van der Waals surface area contributed by atoms with E-state index < -0.39 is 66.8 Å². The summed E-state index contributed by atoms with van der Waals surface area (Å²) in [5, 5.41) is 0. The number of cyclic esters (lactones) is 1. The molecule has 0 spiro atoms. The van der Waals surface area contributed by atoms with Gasteiger partial charge in [0.25, 0.3) is 0 Å². The van der Waals surface area contributed by atoms with E-state index in [1.165, 1.54) is 20.8 Å². The molecule has 7 atom stereocenters. The summed E-state index contributed by atoms with van der Waals surface area (Å²) < 4.78 is 32.6. The molecule has 0 aliphatic carbocycles. The van der Waals surface area contributed by atoms with Crippen LogP contribution in [-0.4, -0.2) is 66.8 Å². The monoisotopic (exact) mass is 402 g/mol. The minimum Gasteiger partial charge on any atom is -0.460 e. The lowest BCUT2D eigenvalue weighted by Gasteiger charge is -2.42. The number of ether oxygens (including phenoxy) is 6. The molecule has 2 heterocycles. The molecule has 0 aromatic rings. The lowest BCUT2D eigenvalue weighted by molar-refractivity contribution is -0.288. The first-order chi connectivity index (χ1) is 13.1. The summed E-state index contributed by atoms with van der Waals surface area (Å²) in [4.78, 5) is 45.8. The molecule has 10 nitrogen and oxygen atoms in total. The van der Waals surface area contributed by atoms with Crippen LogP contribution in [0.15, 0.2) is 0 Å². The molecule has 2 saturated heterocycles. The molecule has 0 amide bonds. The standard InChI is InChI=1S/C18H26O10/c1-8-18(13(25-10(3)19)6-15(22)23-8)28-16-7-14(26-11(4)20)17(9(2)24-16)27-12(5)21/h8-9,13-14,16-18H,6-7H2,1-5H3/t8-,9-,13-,14-,16+,17-,18-/m1/s1. The Kier molecular flexibility index (Phi) is 7.36. The largest absolute Gasteiger partial charge is 0.460 e. The fourth-order valence-corrected chi connectivity index (χ4v) is 3.38. The van der Waals surface area contributed by atoms with Crippen LogP contribution in [0, 0.1) is 0 Å². The highest BCUT2D eigenvalue weighted by Gasteiger charge is 2.46. The summed E-state index contributed by atoms with van der Waals surface area (Å²) in [6.45, 7) is 7.02. The highest BCUT2D eigenvalue weighted by molar-refractivity contribution is 5.73. The third kappa shape index (κ3) is 5.90. The van der Waals surface area contributed by atoms with Crippen LogP contribution in [0.2, 0.25) is 0 Å². The lowest BCUT2D eigenvalue weighted by atomic mass is 10.00. The Bertz CT molecular complexity index is 615. The van der Waals surface area contributed by atoms with E-state index >= 15 is 0 Å². The molecule has 2 aliphatic heterocycles. The van der Waals surface area contributed by atoms with Crippen LogP contribution in [0.3, 0.4) is 0 Å². The van der Waals surface area contributed by atoms with Crippen LogP contribution in [0.5, 0.6) is 0 Å². The Balaban J connectivity index is 2.12. The van der Waals surface area contributed by atoms with Crippen LogP contribution in [0.25, 0.3) is 0 Å². The van der Waals surface area contributed by atoms with Crippen molar-refractivity contribution in [3.8, 4) is 0 Å². The Labute approximate surface area is 162 Å². The molecule has 0 saturated carbocycles. The predicted molar refractivity (Wildman–Crippen MR) is 90.7 cm³/mol. The van der Waals surface area contributed by atoms with Gasteiger partial charge in [-0.05, 0) is 13.8 Å². The molecule has 2 fully saturated rings. The summed E-state index contributed by atoms with van der Waals surface area (Å²) in [5.41, 5.74) is 0. The number of carbonyl (C=O) groups is 4. The Morgan fingerprint density at radius 1 is 0.857 bits per heavy atom. The maximum absolute atomic E-state index is 11.7. The van der Waals surface area contributed by atoms with Gasteiger partial charge in [0.1, 0.15) is 24.4 Å². The molecule has 0 N–H and O–H groups in total. The quantitative estimate of drug-likeness (QED) is 0.478. The fraction of sp³-hybridized carbons (Fsp3) is 0.778. The van der Waals surface area contributed by atoms with Gasteiger partial charge in [-0.2, -0.15) is 0 Å². The van der Waals surface area contributed by atoms with E-state index in [4.69, 9.17) is 28.4 Å². The Morgan fingerprint density at radius 2 is 1.43 bits per heavy atom. The van der Waals surface area contributed by atoms with E-state index in [0.717, 1.165) is 0 Å². The highest BCUT2D eigenvalue weighted by atomic mass is 16.7. The summed E-state index contributed by atoms with van der Waals surface area (Å²) in [6.07, 6.45) is -5.35. The van der Waals surface area contributed by atoms with Gasteiger partial charge in [-0.15, -0.1) is 0 Å². The molecular weight excluding hydrogens is 376 g/mol. The number of esters is 4. The van der Waals surface area contributed by atoms with E-state index in [1.807, 2.05) is 0 Å². The highest BCUT2D eigenvalue weighted by Crippen LogP contribution is 2.30. The third-order valence-electron chi connectivity index (χ3n) is 4.38. The van der Waals surface area contributed by atoms with Gasteiger partial charge in [0.15, 0.2) is 12.4 Å². The molecular formula is C18H26O10. The molecule has 0 radical (unpaired) electrons. The van der Waals surface area contributed by atoms with Crippen molar-refractivity contribution in [2.24, 2.45) is 0 Å². The van der Waals surface area contributed by atoms with Gasteiger partial charge in [-0.3, -0.25) is 19.2 Å². The second kappa shape index (κ2) is 9.33. The minimum absolute atomic E-state index is 0.0891. The molecule has 2 rings (SSSR count). The van der Waals surface area contributed by atoms with Gasteiger partial charge in [0.05, 0.1) is 12.5 Å². The van der Waals surface area contributed by atoms with Crippen molar-refractivity contribution in [2.75, 3.05) is 0 Å². The average Bonchev–Trinajstić information content (AvgIpc) is 2.52. The van der Waals surface area contributed by atoms with Crippen molar-refractivity contribution in [2.45, 2.75) is 90.4 Å². The molecule has 28 heavy (non-hydrogen) atoms. The van der Waals surface area contributed by atoms with E-state index in [-0.39, 0.29) is 12.8 Å². The molecule has 0 aromatic heterocycles. The summed E-state index contributed by atoms with van der Waals surface area (Å²) in [6, 6.07) is 0. The van der Waals surface area contributed by atoms with E-state index in [0.29, 0.717) is 0 Å².